The van der Waals surface area contributed by atoms with Crippen LogP contribution in [0.2, 0.25) is 0 Å². The summed E-state index contributed by atoms with van der Waals surface area (Å²) in [6.45, 7) is 2.77. The van der Waals surface area contributed by atoms with Gasteiger partial charge >= 0.3 is 0 Å². The summed E-state index contributed by atoms with van der Waals surface area (Å²) >= 11 is 1.70. The van der Waals surface area contributed by atoms with Crippen molar-refractivity contribution < 1.29 is 0 Å². The molecule has 0 aliphatic carbocycles. The van der Waals surface area contributed by atoms with Gasteiger partial charge in [-0.25, -0.2) is 4.98 Å². The molecule has 2 aromatic heterocycles. The first-order valence-electron chi connectivity index (χ1n) is 6.02. The summed E-state index contributed by atoms with van der Waals surface area (Å²) in [6.07, 6.45) is 3.65. The summed E-state index contributed by atoms with van der Waals surface area (Å²) in [5, 5.41) is 5.51. The molecule has 0 aliphatic rings. The van der Waals surface area contributed by atoms with Crippen LogP contribution in [0.3, 0.4) is 0 Å². The van der Waals surface area contributed by atoms with E-state index in [2.05, 4.69) is 22.2 Å². The number of benzene rings is 1. The predicted molar refractivity (Wildman–Crippen MR) is 80.3 cm³/mol. The van der Waals surface area contributed by atoms with Gasteiger partial charge in [0.05, 0.1) is 17.7 Å². The van der Waals surface area contributed by atoms with Crippen molar-refractivity contribution in [2.45, 2.75) is 13.5 Å². The quantitative estimate of drug-likeness (QED) is 0.717. The summed E-state index contributed by atoms with van der Waals surface area (Å²) in [4.78, 5) is 9.89. The van der Waals surface area contributed by atoms with E-state index < -0.39 is 0 Å². The van der Waals surface area contributed by atoms with Gasteiger partial charge in [0.2, 0.25) is 0 Å². The highest BCUT2D eigenvalue weighted by atomic mass is 32.1. The van der Waals surface area contributed by atoms with E-state index in [1.54, 1.807) is 17.5 Å². The van der Waals surface area contributed by atoms with Crippen LogP contribution in [0.15, 0.2) is 36.7 Å². The Bertz CT molecular complexity index is 720. The molecule has 0 bridgehead atoms. The van der Waals surface area contributed by atoms with Crippen LogP contribution in [0.4, 0.5) is 11.4 Å². The number of hydrogen-bond donors (Lipinski definition) is 2. The topological polar surface area (TPSA) is 63.8 Å². The Labute approximate surface area is 115 Å². The molecule has 4 nitrogen and oxygen atoms in total. The normalized spacial score (nSPS) is 10.8. The third kappa shape index (κ3) is 2.37. The third-order valence-corrected chi connectivity index (χ3v) is 3.81. The molecule has 0 saturated carbocycles. The fourth-order valence-corrected chi connectivity index (χ4v) is 2.73. The third-order valence-electron chi connectivity index (χ3n) is 2.90. The number of nitrogens with one attached hydrogen (secondary N) is 1. The molecule has 0 unspecified atom stereocenters. The van der Waals surface area contributed by atoms with Crippen LogP contribution in [-0.2, 0) is 6.54 Å². The van der Waals surface area contributed by atoms with Gasteiger partial charge < -0.3 is 11.1 Å². The highest BCUT2D eigenvalue weighted by Gasteiger charge is 2.05. The van der Waals surface area contributed by atoms with Crippen LogP contribution in [0.1, 0.15) is 9.88 Å². The van der Waals surface area contributed by atoms with Crippen LogP contribution in [-0.4, -0.2) is 9.97 Å². The number of nitrogens with two attached hydrogens (primary N) is 1. The molecule has 0 amide bonds. The standard InChI is InChI=1S/C14H14N4S/c1-9-7-18-13(19-9)8-17-12-5-4-11(15)14-10(12)3-2-6-16-14/h2-7,17H,8,15H2,1H3. The van der Waals surface area contributed by atoms with Crippen LogP contribution in [0.25, 0.3) is 10.9 Å². The van der Waals surface area contributed by atoms with Gasteiger partial charge in [-0.2, -0.15) is 0 Å². The van der Waals surface area contributed by atoms with Gasteiger partial charge in [0.1, 0.15) is 5.01 Å². The minimum absolute atomic E-state index is 0.700. The molecule has 0 saturated heterocycles. The van der Waals surface area contributed by atoms with Crippen LogP contribution >= 0.6 is 11.3 Å². The largest absolute Gasteiger partial charge is 0.397 e. The maximum absolute atomic E-state index is 5.94. The average molecular weight is 270 g/mol. The highest BCUT2D eigenvalue weighted by Crippen LogP contribution is 2.27. The second-order valence-corrected chi connectivity index (χ2v) is 5.64. The van der Waals surface area contributed by atoms with Gasteiger partial charge in [0, 0.05) is 28.3 Å². The molecule has 0 atom stereocenters. The first kappa shape index (κ1) is 11.9. The summed E-state index contributed by atoms with van der Waals surface area (Å²) in [7, 11) is 0. The van der Waals surface area contributed by atoms with Crippen LogP contribution < -0.4 is 11.1 Å². The number of aryl methyl sites for hydroxylation is 1. The number of thiazole rings is 1. The molecule has 0 spiro atoms. The summed E-state index contributed by atoms with van der Waals surface area (Å²) < 4.78 is 0. The van der Waals surface area contributed by atoms with E-state index in [0.717, 1.165) is 21.6 Å². The molecule has 2 heterocycles. The molecule has 0 fully saturated rings. The Balaban J connectivity index is 1.91. The Morgan fingerprint density at radius 3 is 2.95 bits per heavy atom. The molecule has 3 rings (SSSR count). The lowest BCUT2D eigenvalue weighted by Gasteiger charge is -2.09. The Kier molecular flexibility index (Phi) is 3.05. The summed E-state index contributed by atoms with van der Waals surface area (Å²) in [5.74, 6) is 0. The van der Waals surface area contributed by atoms with Crippen molar-refractivity contribution in [3.63, 3.8) is 0 Å². The Morgan fingerprint density at radius 2 is 2.16 bits per heavy atom. The molecule has 96 valence electrons. The lowest BCUT2D eigenvalue weighted by Crippen LogP contribution is -2.00. The molecule has 19 heavy (non-hydrogen) atoms. The first-order valence-corrected chi connectivity index (χ1v) is 6.84. The zero-order valence-corrected chi connectivity index (χ0v) is 11.4. The second kappa shape index (κ2) is 4.85. The van der Waals surface area contributed by atoms with E-state index >= 15 is 0 Å². The van der Waals surface area contributed by atoms with E-state index in [4.69, 9.17) is 5.73 Å². The number of anilines is 2. The molecule has 0 radical (unpaired) electrons. The molecule has 5 heteroatoms. The molecule has 0 aliphatic heterocycles. The van der Waals surface area contributed by atoms with Crippen molar-refractivity contribution in [2.75, 3.05) is 11.1 Å². The van der Waals surface area contributed by atoms with E-state index in [1.165, 1.54) is 4.88 Å². The molecular weight excluding hydrogens is 256 g/mol. The predicted octanol–water partition coefficient (Wildman–Crippen LogP) is 3.19. The van der Waals surface area contributed by atoms with Crippen molar-refractivity contribution in [1.29, 1.82) is 0 Å². The Morgan fingerprint density at radius 1 is 1.26 bits per heavy atom. The van der Waals surface area contributed by atoms with Crippen LogP contribution in [0, 0.1) is 6.92 Å². The zero-order chi connectivity index (χ0) is 13.2. The van der Waals surface area contributed by atoms with E-state index in [9.17, 15) is 0 Å². The maximum Gasteiger partial charge on any atom is 0.112 e. The molecule has 3 aromatic rings. The number of nitrogen functional groups attached to an aromatic ring is 1. The number of rotatable bonds is 3. The smallest absolute Gasteiger partial charge is 0.112 e. The van der Waals surface area contributed by atoms with Gasteiger partial charge in [-0.15, -0.1) is 11.3 Å². The maximum atomic E-state index is 5.94. The van der Waals surface area contributed by atoms with Crippen molar-refractivity contribution in [2.24, 2.45) is 0 Å². The van der Waals surface area contributed by atoms with E-state index in [-0.39, 0.29) is 0 Å². The fourth-order valence-electron chi connectivity index (χ4n) is 2.00. The van der Waals surface area contributed by atoms with Crippen molar-refractivity contribution in [1.82, 2.24) is 9.97 Å². The summed E-state index contributed by atoms with van der Waals surface area (Å²) in [6, 6.07) is 7.80. The number of pyridine rings is 1. The van der Waals surface area contributed by atoms with Crippen molar-refractivity contribution in [3.8, 4) is 0 Å². The van der Waals surface area contributed by atoms with Crippen LogP contribution in [0.5, 0.6) is 0 Å². The Hall–Kier alpha value is -2.14. The minimum Gasteiger partial charge on any atom is -0.397 e. The van der Waals surface area contributed by atoms with Crippen molar-refractivity contribution >= 4 is 33.6 Å². The molecule has 1 aromatic carbocycles. The zero-order valence-electron chi connectivity index (χ0n) is 10.6. The van der Waals surface area contributed by atoms with Crippen molar-refractivity contribution in [3.05, 3.63) is 46.5 Å². The van der Waals surface area contributed by atoms with Gasteiger partial charge in [-0.1, -0.05) is 0 Å². The SMILES string of the molecule is Cc1cnc(CNc2ccc(N)c3ncccc23)s1. The average Bonchev–Trinajstić information content (AvgIpc) is 2.84. The number of fused-ring (bicyclic) bond motifs is 1. The van der Waals surface area contributed by atoms with Gasteiger partial charge in [-0.05, 0) is 31.2 Å². The monoisotopic (exact) mass is 270 g/mol. The highest BCUT2D eigenvalue weighted by molar-refractivity contribution is 7.11. The second-order valence-electron chi connectivity index (χ2n) is 4.32. The van der Waals surface area contributed by atoms with Gasteiger partial charge in [-0.3, -0.25) is 4.98 Å². The van der Waals surface area contributed by atoms with Gasteiger partial charge in [0.15, 0.2) is 0 Å². The van der Waals surface area contributed by atoms with Gasteiger partial charge in [0.25, 0.3) is 0 Å². The summed E-state index contributed by atoms with van der Waals surface area (Å²) in [5.41, 5.74) is 8.50. The number of hydrogen-bond acceptors (Lipinski definition) is 5. The van der Waals surface area contributed by atoms with E-state index in [0.29, 0.717) is 12.2 Å². The number of nitrogens with zero attached hydrogens (tertiary/aromatic N) is 2. The fraction of sp³-hybridized carbons (Fsp3) is 0.143. The lowest BCUT2D eigenvalue weighted by molar-refractivity contribution is 1.10. The lowest BCUT2D eigenvalue weighted by atomic mass is 10.1. The minimum atomic E-state index is 0.700. The first-order chi connectivity index (χ1) is 9.24. The van der Waals surface area contributed by atoms with E-state index in [1.807, 2.05) is 30.5 Å². The number of aromatic nitrogens is 2. The molecular formula is C14H14N4S. The molecule has 3 N–H and O–H groups in total.